The van der Waals surface area contributed by atoms with Crippen molar-refractivity contribution in [2.45, 2.75) is 84.3 Å². The molecule has 1 aliphatic heterocycles. The van der Waals surface area contributed by atoms with Crippen LogP contribution in [0.2, 0.25) is 5.82 Å². The lowest BCUT2D eigenvalue weighted by atomic mass is 9.81. The Kier molecular flexibility index (Phi) is 6.49. The fraction of sp³-hybridized carbons (Fsp3) is 0.938. The minimum absolute atomic E-state index is 0.0213. The van der Waals surface area contributed by atoms with E-state index in [4.69, 9.17) is 0 Å². The standard InChI is InChI=1S/C16H32BNOS/c1-7-13(8-2)17-20-16(9-3,10-4)18-12-11-15(5,6)14(18)19/h13,17H,7-12H2,1-6H3. The maximum absolute atomic E-state index is 12.7. The second-order valence-electron chi connectivity index (χ2n) is 6.74. The summed E-state index contributed by atoms with van der Waals surface area (Å²) in [6.07, 6.45) is 5.59. The zero-order valence-corrected chi connectivity index (χ0v) is 15.1. The third-order valence-electron chi connectivity index (χ3n) is 5.12. The summed E-state index contributed by atoms with van der Waals surface area (Å²) < 4.78 is 0. The van der Waals surface area contributed by atoms with Gasteiger partial charge < -0.3 is 4.90 Å². The number of nitrogens with zero attached hydrogens (tertiary/aromatic N) is 1. The van der Waals surface area contributed by atoms with Crippen LogP contribution < -0.4 is 0 Å². The Balaban J connectivity index is 2.84. The molecule has 0 N–H and O–H groups in total. The highest BCUT2D eigenvalue weighted by Gasteiger charge is 2.47. The highest BCUT2D eigenvalue weighted by atomic mass is 32.2. The highest BCUT2D eigenvalue weighted by molar-refractivity contribution is 8.23. The average molecular weight is 297 g/mol. The van der Waals surface area contributed by atoms with E-state index in [1.165, 1.54) is 19.4 Å². The molecule has 1 fully saturated rings. The minimum atomic E-state index is -0.162. The van der Waals surface area contributed by atoms with Gasteiger partial charge in [0.25, 0.3) is 0 Å². The number of hydrogen-bond acceptors (Lipinski definition) is 2. The Labute approximate surface area is 130 Å². The van der Waals surface area contributed by atoms with Gasteiger partial charge in [0.1, 0.15) is 0 Å². The molecular formula is C16H32BNOS. The van der Waals surface area contributed by atoms with Crippen molar-refractivity contribution in [1.82, 2.24) is 4.90 Å². The quantitative estimate of drug-likeness (QED) is 0.617. The summed E-state index contributed by atoms with van der Waals surface area (Å²) in [7, 11) is 0. The van der Waals surface area contributed by atoms with Crippen molar-refractivity contribution in [2.75, 3.05) is 6.54 Å². The molecule has 0 aromatic heterocycles. The van der Waals surface area contributed by atoms with Gasteiger partial charge in [0.05, 0.1) is 4.87 Å². The third kappa shape index (κ3) is 3.55. The lowest BCUT2D eigenvalue weighted by Gasteiger charge is -2.42. The van der Waals surface area contributed by atoms with E-state index in [0.29, 0.717) is 5.91 Å². The van der Waals surface area contributed by atoms with Gasteiger partial charge in [0.15, 0.2) is 6.56 Å². The lowest BCUT2D eigenvalue weighted by Crippen LogP contribution is -2.48. The second-order valence-corrected chi connectivity index (χ2v) is 8.12. The molecule has 2 nitrogen and oxygen atoms in total. The Morgan fingerprint density at radius 3 is 2.15 bits per heavy atom. The number of hydrogen-bond donors (Lipinski definition) is 0. The summed E-state index contributed by atoms with van der Waals surface area (Å²) >= 11 is 2.03. The van der Waals surface area contributed by atoms with Crippen LogP contribution in [-0.2, 0) is 4.79 Å². The largest absolute Gasteiger partial charge is 0.328 e. The monoisotopic (exact) mass is 297 g/mol. The van der Waals surface area contributed by atoms with Crippen molar-refractivity contribution >= 4 is 24.1 Å². The van der Waals surface area contributed by atoms with Gasteiger partial charge in [-0.2, -0.15) is 11.6 Å². The fourth-order valence-corrected chi connectivity index (χ4v) is 4.82. The van der Waals surface area contributed by atoms with Crippen molar-refractivity contribution in [3.8, 4) is 0 Å². The van der Waals surface area contributed by atoms with Crippen LogP contribution in [0.25, 0.3) is 0 Å². The van der Waals surface area contributed by atoms with Gasteiger partial charge >= 0.3 is 0 Å². The SMILES string of the molecule is CCC(BSC(CC)(CC)N1CCC(C)(C)C1=O)CC. The number of amides is 1. The lowest BCUT2D eigenvalue weighted by molar-refractivity contribution is -0.137. The van der Waals surface area contributed by atoms with E-state index in [1.807, 2.05) is 11.6 Å². The zero-order valence-electron chi connectivity index (χ0n) is 14.3. The van der Waals surface area contributed by atoms with Crippen LogP contribution in [0.4, 0.5) is 0 Å². The van der Waals surface area contributed by atoms with E-state index in [9.17, 15) is 4.79 Å². The Hall–Kier alpha value is -0.115. The number of likely N-dealkylation sites (tertiary alicyclic amines) is 1. The van der Waals surface area contributed by atoms with Crippen molar-refractivity contribution in [1.29, 1.82) is 0 Å². The molecular weight excluding hydrogens is 265 g/mol. The van der Waals surface area contributed by atoms with Gasteiger partial charge in [-0.3, -0.25) is 4.79 Å². The first-order valence-corrected chi connectivity index (χ1v) is 9.31. The predicted molar refractivity (Wildman–Crippen MR) is 92.5 cm³/mol. The first-order chi connectivity index (χ1) is 9.36. The van der Waals surface area contributed by atoms with Crippen molar-refractivity contribution < 1.29 is 4.79 Å². The third-order valence-corrected chi connectivity index (χ3v) is 7.10. The van der Waals surface area contributed by atoms with Crippen LogP contribution >= 0.6 is 11.6 Å². The van der Waals surface area contributed by atoms with Gasteiger partial charge in [-0.05, 0) is 19.3 Å². The molecule has 116 valence electrons. The van der Waals surface area contributed by atoms with E-state index in [2.05, 4.69) is 46.4 Å². The van der Waals surface area contributed by atoms with Crippen molar-refractivity contribution in [2.24, 2.45) is 5.41 Å². The fourth-order valence-electron chi connectivity index (χ4n) is 3.07. The molecule has 1 saturated heterocycles. The van der Waals surface area contributed by atoms with E-state index < -0.39 is 0 Å². The molecule has 0 aromatic carbocycles. The van der Waals surface area contributed by atoms with E-state index in [0.717, 1.165) is 31.6 Å². The number of carbonyl (C=O) groups excluding carboxylic acids is 1. The summed E-state index contributed by atoms with van der Waals surface area (Å²) in [4.78, 5) is 14.9. The molecule has 0 spiro atoms. The normalized spacial score (nSPS) is 18.9. The van der Waals surface area contributed by atoms with Crippen LogP contribution in [0, 0.1) is 5.41 Å². The van der Waals surface area contributed by atoms with Gasteiger partial charge in [0, 0.05) is 12.0 Å². The molecule has 4 heteroatoms. The molecule has 0 unspecified atom stereocenters. The first-order valence-electron chi connectivity index (χ1n) is 8.32. The highest BCUT2D eigenvalue weighted by Crippen LogP contribution is 2.44. The van der Waals surface area contributed by atoms with E-state index in [1.54, 1.807) is 0 Å². The summed E-state index contributed by atoms with van der Waals surface area (Å²) in [5.41, 5.74) is -0.162. The zero-order chi connectivity index (χ0) is 15.4. The smallest absolute Gasteiger partial charge is 0.229 e. The number of rotatable bonds is 8. The molecule has 0 aromatic rings. The molecule has 1 aliphatic rings. The topological polar surface area (TPSA) is 20.3 Å². The Morgan fingerprint density at radius 1 is 1.25 bits per heavy atom. The van der Waals surface area contributed by atoms with Crippen LogP contribution in [0.3, 0.4) is 0 Å². The summed E-state index contributed by atoms with van der Waals surface area (Å²) in [6.45, 7) is 15.3. The van der Waals surface area contributed by atoms with Gasteiger partial charge in [-0.15, -0.1) is 0 Å². The molecule has 1 amide bonds. The van der Waals surface area contributed by atoms with Gasteiger partial charge in [-0.25, -0.2) is 0 Å². The Morgan fingerprint density at radius 2 is 1.80 bits per heavy atom. The molecule has 0 radical (unpaired) electrons. The predicted octanol–water partition coefficient (Wildman–Crippen LogP) is 4.45. The molecule has 0 aliphatic carbocycles. The second kappa shape index (κ2) is 7.24. The van der Waals surface area contributed by atoms with Crippen molar-refractivity contribution in [3.63, 3.8) is 0 Å². The molecule has 0 atom stereocenters. The molecule has 0 bridgehead atoms. The summed E-state index contributed by atoms with van der Waals surface area (Å²) in [5.74, 6) is 1.14. The molecule has 1 heterocycles. The molecule has 0 saturated carbocycles. The van der Waals surface area contributed by atoms with Crippen LogP contribution in [0.5, 0.6) is 0 Å². The average Bonchev–Trinajstić information content (AvgIpc) is 2.71. The maximum atomic E-state index is 12.7. The van der Waals surface area contributed by atoms with E-state index in [-0.39, 0.29) is 10.3 Å². The van der Waals surface area contributed by atoms with Crippen LogP contribution in [0.15, 0.2) is 0 Å². The van der Waals surface area contributed by atoms with Crippen LogP contribution in [-0.4, -0.2) is 28.8 Å². The molecule has 1 rings (SSSR count). The summed E-state index contributed by atoms with van der Waals surface area (Å²) in [5, 5.41) is 0. The minimum Gasteiger partial charge on any atom is -0.328 e. The van der Waals surface area contributed by atoms with Crippen LogP contribution in [0.1, 0.15) is 73.6 Å². The van der Waals surface area contributed by atoms with E-state index >= 15 is 0 Å². The Bertz CT molecular complexity index is 324. The van der Waals surface area contributed by atoms with Crippen molar-refractivity contribution in [3.05, 3.63) is 0 Å². The summed E-state index contributed by atoms with van der Waals surface area (Å²) in [6, 6.07) is 0. The maximum Gasteiger partial charge on any atom is 0.229 e. The van der Waals surface area contributed by atoms with Gasteiger partial charge in [0.2, 0.25) is 5.91 Å². The number of carbonyl (C=O) groups is 1. The van der Waals surface area contributed by atoms with Gasteiger partial charge in [-0.1, -0.05) is 60.2 Å². The first kappa shape index (κ1) is 17.9. The molecule has 20 heavy (non-hydrogen) atoms.